The summed E-state index contributed by atoms with van der Waals surface area (Å²) in [7, 11) is 0. The van der Waals surface area contributed by atoms with Crippen LogP contribution in [-0.2, 0) is 4.74 Å². The van der Waals surface area contributed by atoms with Gasteiger partial charge in [-0.25, -0.2) is 4.79 Å². The number of carbonyl (C=O) groups excluding carboxylic acids is 1. The molecule has 1 N–H and O–H groups in total. The zero-order valence-corrected chi connectivity index (χ0v) is 19.5. The van der Waals surface area contributed by atoms with E-state index in [1.54, 1.807) is 12.1 Å². The third-order valence-electron chi connectivity index (χ3n) is 5.61. The minimum Gasteiger partial charge on any atom is -0.508 e. The third-order valence-corrected chi connectivity index (χ3v) is 5.61. The fourth-order valence-electron chi connectivity index (χ4n) is 3.67. The van der Waals surface area contributed by atoms with E-state index in [1.807, 2.05) is 0 Å². The summed E-state index contributed by atoms with van der Waals surface area (Å²) >= 11 is 0. The average Bonchev–Trinajstić information content (AvgIpc) is 2.75. The van der Waals surface area contributed by atoms with Gasteiger partial charge < -0.3 is 14.7 Å². The first-order valence-electron chi connectivity index (χ1n) is 12.4. The Labute approximate surface area is 185 Å². The van der Waals surface area contributed by atoms with Gasteiger partial charge in [-0.2, -0.15) is 0 Å². The number of nitrogens with zero attached hydrogens (tertiary/aromatic N) is 1. The molecule has 0 fully saturated rings. The highest BCUT2D eigenvalue weighted by Gasteiger charge is 2.07. The van der Waals surface area contributed by atoms with Crippen molar-refractivity contribution >= 4 is 5.97 Å². The van der Waals surface area contributed by atoms with Crippen molar-refractivity contribution in [3.8, 4) is 5.75 Å². The second-order valence-corrected chi connectivity index (χ2v) is 8.41. The van der Waals surface area contributed by atoms with Crippen molar-refractivity contribution in [2.45, 2.75) is 97.3 Å². The maximum atomic E-state index is 12.0. The molecule has 1 rings (SSSR count). The highest BCUT2D eigenvalue weighted by molar-refractivity contribution is 5.89. The zero-order chi connectivity index (χ0) is 21.9. The first-order valence-corrected chi connectivity index (χ1v) is 12.4. The van der Waals surface area contributed by atoms with Gasteiger partial charge in [-0.05, 0) is 76.0 Å². The molecule has 0 saturated heterocycles. The Morgan fingerprint density at radius 2 is 1.20 bits per heavy atom. The van der Waals surface area contributed by atoms with Crippen LogP contribution in [0.4, 0.5) is 0 Å². The fourth-order valence-corrected chi connectivity index (χ4v) is 3.67. The predicted octanol–water partition coefficient (Wildman–Crippen LogP) is 6.96. The topological polar surface area (TPSA) is 49.8 Å². The molecule has 0 aliphatic heterocycles. The summed E-state index contributed by atoms with van der Waals surface area (Å²) in [6.07, 6.45) is 16.6. The number of benzene rings is 1. The predicted molar refractivity (Wildman–Crippen MR) is 126 cm³/mol. The summed E-state index contributed by atoms with van der Waals surface area (Å²) in [6.45, 7) is 8.62. The fraction of sp³-hybridized carbons (Fsp3) is 0.731. The molecule has 0 saturated carbocycles. The molecule has 0 aliphatic carbocycles. The molecule has 0 unspecified atom stereocenters. The smallest absolute Gasteiger partial charge is 0.338 e. The first-order chi connectivity index (χ1) is 14.7. The van der Waals surface area contributed by atoms with Gasteiger partial charge in [0.2, 0.25) is 0 Å². The van der Waals surface area contributed by atoms with Gasteiger partial charge in [-0.3, -0.25) is 0 Å². The molecular formula is C26H45NO3. The molecule has 0 radical (unpaired) electrons. The van der Waals surface area contributed by atoms with Crippen LogP contribution >= 0.6 is 0 Å². The van der Waals surface area contributed by atoms with Crippen molar-refractivity contribution < 1.29 is 14.6 Å². The average molecular weight is 420 g/mol. The highest BCUT2D eigenvalue weighted by Crippen LogP contribution is 2.12. The van der Waals surface area contributed by atoms with E-state index in [0.717, 1.165) is 19.4 Å². The largest absolute Gasteiger partial charge is 0.508 e. The highest BCUT2D eigenvalue weighted by atomic mass is 16.5. The molecule has 4 heteroatoms. The number of ether oxygens (including phenoxy) is 1. The minimum absolute atomic E-state index is 0.159. The van der Waals surface area contributed by atoms with Crippen molar-refractivity contribution in [2.24, 2.45) is 0 Å². The van der Waals surface area contributed by atoms with E-state index in [4.69, 9.17) is 4.74 Å². The van der Waals surface area contributed by atoms with Gasteiger partial charge in [0.25, 0.3) is 0 Å². The van der Waals surface area contributed by atoms with Crippen LogP contribution in [0.3, 0.4) is 0 Å². The molecule has 30 heavy (non-hydrogen) atoms. The molecule has 0 spiro atoms. The van der Waals surface area contributed by atoms with E-state index in [2.05, 4.69) is 18.7 Å². The molecule has 1 aromatic rings. The number of phenolic OH excluding ortho intramolecular Hbond substituents is 1. The standard InChI is InChI=1S/C26H45NO3/c1-3-5-7-9-12-20-27(21-13-10-8-6-4-2)22-14-11-15-23-30-26(29)24-16-18-25(28)19-17-24/h16-19,28H,3-15,20-23H2,1-2H3. The molecule has 4 nitrogen and oxygen atoms in total. The molecule has 0 amide bonds. The van der Waals surface area contributed by atoms with Crippen LogP contribution in [0.2, 0.25) is 0 Å². The van der Waals surface area contributed by atoms with Crippen molar-refractivity contribution in [2.75, 3.05) is 26.2 Å². The summed E-state index contributed by atoms with van der Waals surface area (Å²) in [5.41, 5.74) is 0.491. The molecule has 0 heterocycles. The maximum absolute atomic E-state index is 12.0. The lowest BCUT2D eigenvalue weighted by Gasteiger charge is -2.22. The van der Waals surface area contributed by atoms with Crippen LogP contribution in [0.1, 0.15) is 108 Å². The Morgan fingerprint density at radius 3 is 1.70 bits per heavy atom. The van der Waals surface area contributed by atoms with E-state index in [1.165, 1.54) is 95.9 Å². The molecular weight excluding hydrogens is 374 g/mol. The van der Waals surface area contributed by atoms with Crippen molar-refractivity contribution in [3.63, 3.8) is 0 Å². The Hall–Kier alpha value is -1.55. The van der Waals surface area contributed by atoms with E-state index in [9.17, 15) is 9.90 Å². The number of aromatic hydroxyl groups is 1. The first kappa shape index (κ1) is 26.5. The lowest BCUT2D eigenvalue weighted by Crippen LogP contribution is -2.27. The van der Waals surface area contributed by atoms with E-state index in [-0.39, 0.29) is 11.7 Å². The lowest BCUT2D eigenvalue weighted by molar-refractivity contribution is 0.0497. The Kier molecular flexibility index (Phi) is 16.1. The zero-order valence-electron chi connectivity index (χ0n) is 19.5. The normalized spacial score (nSPS) is 11.2. The van der Waals surface area contributed by atoms with Gasteiger partial charge in [-0.1, -0.05) is 65.2 Å². The number of phenols is 1. The van der Waals surface area contributed by atoms with Gasteiger partial charge in [-0.15, -0.1) is 0 Å². The van der Waals surface area contributed by atoms with Gasteiger partial charge in [0.1, 0.15) is 5.75 Å². The summed E-state index contributed by atoms with van der Waals surface area (Å²) in [5.74, 6) is -0.150. The SMILES string of the molecule is CCCCCCCN(CCCCCCC)CCCCCOC(=O)c1ccc(O)cc1. The van der Waals surface area contributed by atoms with Crippen LogP contribution in [0.25, 0.3) is 0 Å². The molecule has 0 atom stereocenters. The van der Waals surface area contributed by atoms with Gasteiger partial charge in [0.15, 0.2) is 0 Å². The number of rotatable bonds is 19. The number of esters is 1. The molecule has 0 bridgehead atoms. The van der Waals surface area contributed by atoms with Crippen LogP contribution in [0.15, 0.2) is 24.3 Å². The van der Waals surface area contributed by atoms with Crippen LogP contribution in [-0.4, -0.2) is 42.2 Å². The summed E-state index contributed by atoms with van der Waals surface area (Å²) in [4.78, 5) is 14.6. The number of unbranched alkanes of at least 4 members (excludes halogenated alkanes) is 10. The van der Waals surface area contributed by atoms with Gasteiger partial charge in [0, 0.05) is 0 Å². The van der Waals surface area contributed by atoms with E-state index in [0.29, 0.717) is 12.2 Å². The second kappa shape index (κ2) is 18.2. The molecule has 172 valence electrons. The Bertz CT molecular complexity index is 516. The molecule has 0 aliphatic rings. The van der Waals surface area contributed by atoms with Crippen molar-refractivity contribution in [3.05, 3.63) is 29.8 Å². The maximum Gasteiger partial charge on any atom is 0.338 e. The van der Waals surface area contributed by atoms with Crippen LogP contribution < -0.4 is 0 Å². The number of hydrogen-bond donors (Lipinski definition) is 1. The third kappa shape index (κ3) is 13.6. The quantitative estimate of drug-likeness (QED) is 0.194. The number of carbonyl (C=O) groups is 1. The van der Waals surface area contributed by atoms with E-state index < -0.39 is 0 Å². The van der Waals surface area contributed by atoms with Crippen molar-refractivity contribution in [1.82, 2.24) is 4.90 Å². The second-order valence-electron chi connectivity index (χ2n) is 8.41. The van der Waals surface area contributed by atoms with Gasteiger partial charge in [0.05, 0.1) is 12.2 Å². The Morgan fingerprint density at radius 1 is 0.733 bits per heavy atom. The summed E-state index contributed by atoms with van der Waals surface area (Å²) < 4.78 is 5.35. The molecule has 1 aromatic carbocycles. The monoisotopic (exact) mass is 419 g/mol. The van der Waals surface area contributed by atoms with Crippen LogP contribution in [0.5, 0.6) is 5.75 Å². The minimum atomic E-state index is -0.309. The summed E-state index contributed by atoms with van der Waals surface area (Å²) in [6, 6.07) is 6.21. The number of hydrogen-bond acceptors (Lipinski definition) is 4. The van der Waals surface area contributed by atoms with Crippen LogP contribution in [0, 0.1) is 0 Å². The van der Waals surface area contributed by atoms with Crippen molar-refractivity contribution in [1.29, 1.82) is 0 Å². The van der Waals surface area contributed by atoms with Gasteiger partial charge >= 0.3 is 5.97 Å². The summed E-state index contributed by atoms with van der Waals surface area (Å²) in [5, 5.41) is 9.28. The lowest BCUT2D eigenvalue weighted by atomic mass is 10.1. The molecule has 0 aromatic heterocycles. The van der Waals surface area contributed by atoms with E-state index >= 15 is 0 Å². The Balaban J connectivity index is 2.17.